The molecule has 0 amide bonds. The molecule has 0 unspecified atom stereocenters. The van der Waals surface area contributed by atoms with E-state index in [2.05, 4.69) is 4.74 Å². The van der Waals surface area contributed by atoms with Crippen molar-refractivity contribution in [2.24, 2.45) is 0 Å². The van der Waals surface area contributed by atoms with E-state index >= 15 is 0 Å². The first-order chi connectivity index (χ1) is 9.02. The van der Waals surface area contributed by atoms with Crippen LogP contribution in [0.15, 0.2) is 12.1 Å². The zero-order valence-corrected chi connectivity index (χ0v) is 10.8. The molecule has 0 aliphatic carbocycles. The van der Waals surface area contributed by atoms with Gasteiger partial charge in [0.1, 0.15) is 0 Å². The van der Waals surface area contributed by atoms with Crippen LogP contribution in [0.4, 0.5) is 0 Å². The van der Waals surface area contributed by atoms with Gasteiger partial charge in [-0.25, -0.2) is 9.59 Å². The quantitative estimate of drug-likeness (QED) is 0.616. The highest BCUT2D eigenvalue weighted by atomic mass is 35.5. The zero-order valence-electron chi connectivity index (χ0n) is 10.0. The number of halogens is 1. The second kappa shape index (κ2) is 5.60. The van der Waals surface area contributed by atoms with E-state index in [0.717, 1.165) is 0 Å². The van der Waals surface area contributed by atoms with Gasteiger partial charge in [-0.15, -0.1) is 0 Å². The van der Waals surface area contributed by atoms with E-state index in [9.17, 15) is 14.6 Å². The highest BCUT2D eigenvalue weighted by Crippen LogP contribution is 2.21. The van der Waals surface area contributed by atoms with Crippen molar-refractivity contribution in [3.8, 4) is 0 Å². The minimum absolute atomic E-state index is 0.0638. The summed E-state index contributed by atoms with van der Waals surface area (Å²) < 4.78 is 14.1. The van der Waals surface area contributed by atoms with E-state index in [0.29, 0.717) is 11.0 Å². The summed E-state index contributed by atoms with van der Waals surface area (Å²) in [6, 6.07) is 2.93. The molecule has 1 aliphatic heterocycles. The number of esters is 2. The Morgan fingerprint density at radius 2 is 2.26 bits per heavy atom. The molecule has 1 N–H and O–H groups in total. The van der Waals surface area contributed by atoms with Crippen molar-refractivity contribution in [3.05, 3.63) is 28.3 Å². The highest BCUT2D eigenvalue weighted by Gasteiger charge is 2.30. The maximum atomic E-state index is 11.8. The molecule has 0 aromatic heterocycles. The topological polar surface area (TPSA) is 82.1 Å². The maximum Gasteiger partial charge on any atom is 0.491 e. The summed E-state index contributed by atoms with van der Waals surface area (Å²) in [5.41, 5.74) is 1.24. The Balaban J connectivity index is 2.18. The largest absolute Gasteiger partial charge is 0.491 e. The van der Waals surface area contributed by atoms with Crippen LogP contribution in [0.1, 0.15) is 15.9 Å². The summed E-state index contributed by atoms with van der Waals surface area (Å²) in [6.07, 6.45) is 0. The molecule has 1 heterocycles. The van der Waals surface area contributed by atoms with Gasteiger partial charge in [-0.1, -0.05) is 11.6 Å². The fourth-order valence-corrected chi connectivity index (χ4v) is 1.93. The monoisotopic (exact) mass is 284 g/mol. The number of fused-ring (bicyclic) bond motifs is 1. The second-order valence-electron chi connectivity index (χ2n) is 3.85. The van der Waals surface area contributed by atoms with E-state index in [1.165, 1.54) is 19.2 Å². The molecule has 0 bridgehead atoms. The fourth-order valence-electron chi connectivity index (χ4n) is 1.66. The highest BCUT2D eigenvalue weighted by molar-refractivity contribution is 6.61. The molecule has 100 valence electrons. The summed E-state index contributed by atoms with van der Waals surface area (Å²) in [5, 5.41) is 9.72. The molecule has 0 saturated heterocycles. The van der Waals surface area contributed by atoms with Crippen molar-refractivity contribution in [2.75, 3.05) is 13.7 Å². The molecule has 1 aliphatic rings. The van der Waals surface area contributed by atoms with Gasteiger partial charge >= 0.3 is 19.1 Å². The predicted molar refractivity (Wildman–Crippen MR) is 66.1 cm³/mol. The van der Waals surface area contributed by atoms with Gasteiger partial charge < -0.3 is 19.2 Å². The van der Waals surface area contributed by atoms with E-state index in [-0.39, 0.29) is 17.2 Å². The molecule has 0 spiro atoms. The summed E-state index contributed by atoms with van der Waals surface area (Å²) in [7, 11) is 0.103. The third kappa shape index (κ3) is 2.89. The Morgan fingerprint density at radius 1 is 1.53 bits per heavy atom. The number of hydrogen-bond donors (Lipinski definition) is 1. The van der Waals surface area contributed by atoms with Gasteiger partial charge in [-0.2, -0.15) is 0 Å². The van der Waals surface area contributed by atoms with E-state index in [1.54, 1.807) is 0 Å². The van der Waals surface area contributed by atoms with Gasteiger partial charge in [0.15, 0.2) is 6.61 Å². The van der Waals surface area contributed by atoms with E-state index in [4.69, 9.17) is 21.0 Å². The lowest BCUT2D eigenvalue weighted by Crippen LogP contribution is -2.29. The molecule has 0 atom stereocenters. The Morgan fingerprint density at radius 3 is 2.95 bits per heavy atom. The van der Waals surface area contributed by atoms with E-state index in [1.807, 2.05) is 0 Å². The Hall–Kier alpha value is -1.57. The van der Waals surface area contributed by atoms with Gasteiger partial charge in [-0.05, 0) is 23.2 Å². The smallest absolute Gasteiger partial charge is 0.466 e. The first-order valence-corrected chi connectivity index (χ1v) is 5.76. The third-order valence-corrected chi connectivity index (χ3v) is 2.97. The van der Waals surface area contributed by atoms with Crippen LogP contribution >= 0.6 is 11.6 Å². The minimum Gasteiger partial charge on any atom is -0.466 e. The Bertz CT molecular complexity index is 532. The summed E-state index contributed by atoms with van der Waals surface area (Å²) >= 11 is 5.95. The molecule has 0 radical (unpaired) electrons. The van der Waals surface area contributed by atoms with Crippen LogP contribution < -0.4 is 5.46 Å². The van der Waals surface area contributed by atoms with Crippen LogP contribution in [0.3, 0.4) is 0 Å². The van der Waals surface area contributed by atoms with Crippen molar-refractivity contribution in [1.29, 1.82) is 0 Å². The maximum absolute atomic E-state index is 11.8. The normalized spacial score (nSPS) is 13.1. The molecular formula is C11H10BClO6. The molecule has 0 fully saturated rings. The fraction of sp³-hybridized carbons (Fsp3) is 0.273. The summed E-state index contributed by atoms with van der Waals surface area (Å²) in [6.45, 7) is -0.268. The average molecular weight is 284 g/mol. The third-order valence-electron chi connectivity index (χ3n) is 2.66. The lowest BCUT2D eigenvalue weighted by molar-refractivity contribution is -0.144. The molecule has 1 aromatic carbocycles. The first-order valence-electron chi connectivity index (χ1n) is 5.39. The lowest BCUT2D eigenvalue weighted by Gasteiger charge is -2.07. The minimum atomic E-state index is -1.08. The molecular weight excluding hydrogens is 274 g/mol. The van der Waals surface area contributed by atoms with Crippen molar-refractivity contribution >= 4 is 36.1 Å². The van der Waals surface area contributed by atoms with Crippen LogP contribution in [0.5, 0.6) is 0 Å². The number of rotatable bonds is 3. The van der Waals surface area contributed by atoms with E-state index < -0.39 is 25.7 Å². The number of carbonyl (C=O) groups is 2. The van der Waals surface area contributed by atoms with Gasteiger partial charge in [0.2, 0.25) is 0 Å². The number of benzene rings is 1. The number of carbonyl (C=O) groups excluding carboxylic acids is 2. The number of ether oxygens (including phenoxy) is 2. The van der Waals surface area contributed by atoms with Gasteiger partial charge in [-0.3, -0.25) is 0 Å². The Labute approximate surface area is 114 Å². The molecule has 19 heavy (non-hydrogen) atoms. The predicted octanol–water partition coefficient (Wildman–Crippen LogP) is -0.113. The van der Waals surface area contributed by atoms with Gasteiger partial charge in [0.25, 0.3) is 0 Å². The van der Waals surface area contributed by atoms with Crippen LogP contribution in [0, 0.1) is 0 Å². The van der Waals surface area contributed by atoms with Crippen LogP contribution in [0.25, 0.3) is 0 Å². The van der Waals surface area contributed by atoms with Crippen LogP contribution in [-0.4, -0.2) is 37.8 Å². The van der Waals surface area contributed by atoms with Crippen molar-refractivity contribution in [1.82, 2.24) is 0 Å². The second-order valence-corrected chi connectivity index (χ2v) is 4.25. The molecule has 8 heteroatoms. The van der Waals surface area contributed by atoms with Gasteiger partial charge in [0, 0.05) is 0 Å². The molecule has 0 saturated carbocycles. The van der Waals surface area contributed by atoms with Crippen LogP contribution in [0.2, 0.25) is 5.02 Å². The van der Waals surface area contributed by atoms with Crippen LogP contribution in [-0.2, 0) is 25.5 Å². The summed E-state index contributed by atoms with van der Waals surface area (Å²) in [5.74, 6) is -1.44. The molecule has 1 aromatic rings. The Kier molecular flexibility index (Phi) is 4.09. The van der Waals surface area contributed by atoms with Crippen molar-refractivity contribution in [3.63, 3.8) is 0 Å². The average Bonchev–Trinajstić information content (AvgIpc) is 2.75. The summed E-state index contributed by atoms with van der Waals surface area (Å²) in [4.78, 5) is 22.6. The molecule has 2 rings (SSSR count). The number of hydrogen-bond acceptors (Lipinski definition) is 6. The first kappa shape index (κ1) is 13.9. The van der Waals surface area contributed by atoms with Crippen molar-refractivity contribution in [2.45, 2.75) is 6.61 Å². The molecule has 6 nitrogen and oxygen atoms in total. The number of methoxy groups -OCH3 is 1. The zero-order chi connectivity index (χ0) is 14.0. The standard InChI is InChI=1S/C11H10BClO6/c1-17-10(14)5-18-11(15)7-3-8-6(2-9(7)13)4-19-12(8)16/h2-3,16H,4-5H2,1H3. The lowest BCUT2D eigenvalue weighted by atomic mass is 9.79. The SMILES string of the molecule is COC(=O)COC(=O)c1cc2c(cc1Cl)COB2O. The van der Waals surface area contributed by atoms with Gasteiger partial charge in [0.05, 0.1) is 24.3 Å². The van der Waals surface area contributed by atoms with Crippen molar-refractivity contribution < 1.29 is 28.7 Å².